The van der Waals surface area contributed by atoms with Crippen molar-refractivity contribution in [1.82, 2.24) is 25.0 Å². The van der Waals surface area contributed by atoms with Crippen LogP contribution in [0.15, 0.2) is 39.5 Å². The highest BCUT2D eigenvalue weighted by molar-refractivity contribution is 5.40. The predicted molar refractivity (Wildman–Crippen MR) is 76.8 cm³/mol. The largest absolute Gasteiger partial charge is 0.465 e. The molecule has 4 rings (SSSR count). The van der Waals surface area contributed by atoms with Gasteiger partial charge in [-0.25, -0.2) is 9.97 Å². The first-order chi connectivity index (χ1) is 10.8. The van der Waals surface area contributed by atoms with E-state index in [-0.39, 0.29) is 5.92 Å². The van der Waals surface area contributed by atoms with E-state index in [1.54, 1.807) is 18.5 Å². The van der Waals surface area contributed by atoms with Crippen molar-refractivity contribution in [2.75, 3.05) is 13.1 Å². The van der Waals surface area contributed by atoms with Gasteiger partial charge in [-0.3, -0.25) is 4.90 Å². The van der Waals surface area contributed by atoms with Crippen molar-refractivity contribution in [2.45, 2.75) is 19.4 Å². The molecule has 1 saturated heterocycles. The van der Waals surface area contributed by atoms with Gasteiger partial charge in [-0.15, -0.1) is 0 Å². The molecule has 1 aliphatic rings. The number of rotatable bonds is 4. The SMILES string of the molecule is Cc1ccc(CN2CC(c3nc(-c4ncccn4)no3)C2)o1. The summed E-state index contributed by atoms with van der Waals surface area (Å²) in [6.07, 6.45) is 3.32. The van der Waals surface area contributed by atoms with E-state index in [0.29, 0.717) is 17.5 Å². The van der Waals surface area contributed by atoms with Crippen LogP contribution >= 0.6 is 0 Å². The van der Waals surface area contributed by atoms with Crippen molar-refractivity contribution in [3.63, 3.8) is 0 Å². The molecule has 0 spiro atoms. The summed E-state index contributed by atoms with van der Waals surface area (Å²) in [5, 5.41) is 3.95. The molecule has 7 heteroatoms. The molecule has 1 aliphatic heterocycles. The molecule has 0 N–H and O–H groups in total. The summed E-state index contributed by atoms with van der Waals surface area (Å²) >= 11 is 0. The molecule has 0 atom stereocenters. The van der Waals surface area contributed by atoms with Crippen LogP contribution in [0.1, 0.15) is 23.3 Å². The molecule has 22 heavy (non-hydrogen) atoms. The highest BCUT2D eigenvalue weighted by atomic mass is 16.5. The molecular formula is C15H15N5O2. The molecular weight excluding hydrogens is 282 g/mol. The monoisotopic (exact) mass is 297 g/mol. The van der Waals surface area contributed by atoms with Crippen molar-refractivity contribution in [3.05, 3.63) is 48.0 Å². The van der Waals surface area contributed by atoms with Crippen LogP contribution in [0.25, 0.3) is 11.6 Å². The number of hydrogen-bond donors (Lipinski definition) is 0. The van der Waals surface area contributed by atoms with E-state index in [2.05, 4.69) is 25.0 Å². The summed E-state index contributed by atoms with van der Waals surface area (Å²) in [7, 11) is 0. The number of hydrogen-bond acceptors (Lipinski definition) is 7. The van der Waals surface area contributed by atoms with Crippen LogP contribution in [-0.2, 0) is 6.54 Å². The molecule has 0 unspecified atom stereocenters. The molecule has 3 aromatic heterocycles. The first kappa shape index (κ1) is 13.1. The smallest absolute Gasteiger partial charge is 0.240 e. The van der Waals surface area contributed by atoms with Gasteiger partial charge in [-0.2, -0.15) is 4.98 Å². The summed E-state index contributed by atoms with van der Waals surface area (Å²) in [5.41, 5.74) is 0. The van der Waals surface area contributed by atoms with Gasteiger partial charge in [-0.1, -0.05) is 5.16 Å². The third kappa shape index (κ3) is 2.50. The molecule has 112 valence electrons. The third-order valence-corrected chi connectivity index (χ3v) is 3.69. The fourth-order valence-electron chi connectivity index (χ4n) is 2.55. The maximum atomic E-state index is 5.58. The second kappa shape index (κ2) is 5.34. The molecule has 3 aromatic rings. The van der Waals surface area contributed by atoms with Crippen molar-refractivity contribution < 1.29 is 8.94 Å². The average molecular weight is 297 g/mol. The highest BCUT2D eigenvalue weighted by Crippen LogP contribution is 2.28. The van der Waals surface area contributed by atoms with Gasteiger partial charge in [0, 0.05) is 25.5 Å². The first-order valence-electron chi connectivity index (χ1n) is 7.16. The van der Waals surface area contributed by atoms with Gasteiger partial charge in [0.25, 0.3) is 0 Å². The second-order valence-electron chi connectivity index (χ2n) is 5.43. The summed E-state index contributed by atoms with van der Waals surface area (Å²) in [6, 6.07) is 5.75. The Hall–Kier alpha value is -2.54. The van der Waals surface area contributed by atoms with Crippen molar-refractivity contribution in [3.8, 4) is 11.6 Å². The van der Waals surface area contributed by atoms with Gasteiger partial charge < -0.3 is 8.94 Å². The topological polar surface area (TPSA) is 81.1 Å². The summed E-state index contributed by atoms with van der Waals surface area (Å²) < 4.78 is 10.9. The van der Waals surface area contributed by atoms with Crippen LogP contribution in [0.4, 0.5) is 0 Å². The van der Waals surface area contributed by atoms with Gasteiger partial charge in [0.1, 0.15) is 11.5 Å². The Morgan fingerprint density at radius 3 is 2.73 bits per heavy atom. The highest BCUT2D eigenvalue weighted by Gasteiger charge is 2.33. The van der Waals surface area contributed by atoms with E-state index < -0.39 is 0 Å². The molecule has 0 radical (unpaired) electrons. The van der Waals surface area contributed by atoms with Crippen LogP contribution in [0, 0.1) is 6.92 Å². The number of aryl methyl sites for hydroxylation is 1. The summed E-state index contributed by atoms with van der Waals surface area (Å²) in [5.74, 6) is 3.77. The van der Waals surface area contributed by atoms with E-state index in [4.69, 9.17) is 8.94 Å². The molecule has 0 saturated carbocycles. The Morgan fingerprint density at radius 2 is 2.00 bits per heavy atom. The quantitative estimate of drug-likeness (QED) is 0.728. The number of nitrogens with zero attached hydrogens (tertiary/aromatic N) is 5. The van der Waals surface area contributed by atoms with E-state index in [0.717, 1.165) is 31.2 Å². The lowest BCUT2D eigenvalue weighted by Gasteiger charge is -2.36. The van der Waals surface area contributed by atoms with E-state index in [1.807, 2.05) is 19.1 Å². The zero-order valence-electron chi connectivity index (χ0n) is 12.1. The van der Waals surface area contributed by atoms with Crippen LogP contribution in [0.2, 0.25) is 0 Å². The normalized spacial score (nSPS) is 15.9. The van der Waals surface area contributed by atoms with Crippen molar-refractivity contribution in [1.29, 1.82) is 0 Å². The van der Waals surface area contributed by atoms with Gasteiger partial charge in [-0.05, 0) is 25.1 Å². The lowest BCUT2D eigenvalue weighted by atomic mass is 10.00. The maximum Gasteiger partial charge on any atom is 0.240 e. The Balaban J connectivity index is 1.38. The summed E-state index contributed by atoms with van der Waals surface area (Å²) in [6.45, 7) is 4.54. The van der Waals surface area contributed by atoms with E-state index >= 15 is 0 Å². The van der Waals surface area contributed by atoms with Gasteiger partial charge in [0.15, 0.2) is 0 Å². The summed E-state index contributed by atoms with van der Waals surface area (Å²) in [4.78, 5) is 14.9. The number of aromatic nitrogens is 4. The fraction of sp³-hybridized carbons (Fsp3) is 0.333. The zero-order chi connectivity index (χ0) is 14.9. The van der Waals surface area contributed by atoms with Crippen molar-refractivity contribution in [2.24, 2.45) is 0 Å². The lowest BCUT2D eigenvalue weighted by Crippen LogP contribution is -2.44. The predicted octanol–water partition coefficient (Wildman–Crippen LogP) is 2.03. The molecule has 0 aliphatic carbocycles. The zero-order valence-corrected chi connectivity index (χ0v) is 12.1. The minimum Gasteiger partial charge on any atom is -0.465 e. The minimum atomic E-state index is 0.265. The molecule has 0 amide bonds. The molecule has 0 aromatic carbocycles. The Morgan fingerprint density at radius 1 is 1.18 bits per heavy atom. The van der Waals surface area contributed by atoms with Gasteiger partial charge in [0.05, 0.1) is 12.5 Å². The minimum absolute atomic E-state index is 0.265. The van der Waals surface area contributed by atoms with Crippen LogP contribution in [0.5, 0.6) is 0 Å². The first-order valence-corrected chi connectivity index (χ1v) is 7.16. The van der Waals surface area contributed by atoms with E-state index in [9.17, 15) is 0 Å². The van der Waals surface area contributed by atoms with Gasteiger partial charge >= 0.3 is 0 Å². The maximum absolute atomic E-state index is 5.58. The molecule has 7 nitrogen and oxygen atoms in total. The Bertz CT molecular complexity index is 761. The average Bonchev–Trinajstić information content (AvgIpc) is 3.12. The second-order valence-corrected chi connectivity index (χ2v) is 5.43. The molecule has 1 fully saturated rings. The van der Waals surface area contributed by atoms with Crippen molar-refractivity contribution >= 4 is 0 Å². The molecule has 4 heterocycles. The van der Waals surface area contributed by atoms with E-state index in [1.165, 1.54) is 0 Å². The number of likely N-dealkylation sites (tertiary alicyclic amines) is 1. The Labute approximate surface area is 127 Å². The standard InChI is InChI=1S/C15H15N5O2/c1-10-3-4-12(21-10)9-20-7-11(8-20)15-18-14(19-22-15)13-16-5-2-6-17-13/h2-6,11H,7-9H2,1H3. The third-order valence-electron chi connectivity index (χ3n) is 3.69. The molecule has 0 bridgehead atoms. The Kier molecular flexibility index (Phi) is 3.19. The fourth-order valence-corrected chi connectivity index (χ4v) is 2.55. The van der Waals surface area contributed by atoms with Gasteiger partial charge in [0.2, 0.25) is 17.5 Å². The number of furan rings is 1. The van der Waals surface area contributed by atoms with Crippen LogP contribution < -0.4 is 0 Å². The van der Waals surface area contributed by atoms with Crippen LogP contribution in [-0.4, -0.2) is 38.1 Å². The van der Waals surface area contributed by atoms with Crippen LogP contribution in [0.3, 0.4) is 0 Å². The lowest BCUT2D eigenvalue weighted by molar-refractivity contribution is 0.108.